The van der Waals surface area contributed by atoms with Gasteiger partial charge in [0.1, 0.15) is 17.4 Å². The van der Waals surface area contributed by atoms with E-state index >= 15 is 0 Å². The van der Waals surface area contributed by atoms with Crippen LogP contribution in [0.15, 0.2) is 11.5 Å². The highest BCUT2D eigenvalue weighted by Crippen LogP contribution is 2.37. The molecule has 1 aliphatic carbocycles. The number of anilines is 1. The topological polar surface area (TPSA) is 92.8 Å². The summed E-state index contributed by atoms with van der Waals surface area (Å²) in [6.07, 6.45) is 7.94. The lowest BCUT2D eigenvalue weighted by atomic mass is 10.1. The first kappa shape index (κ1) is 19.9. The summed E-state index contributed by atoms with van der Waals surface area (Å²) in [4.78, 5) is 13.7. The maximum atomic E-state index is 12.4. The first-order valence-electron chi connectivity index (χ1n) is 9.07. The number of rotatable bonds is 8. The zero-order valence-electron chi connectivity index (χ0n) is 15.4. The number of thioether (sulfide) groups is 1. The van der Waals surface area contributed by atoms with Crippen molar-refractivity contribution in [2.75, 3.05) is 24.8 Å². The molecule has 0 saturated carbocycles. The minimum absolute atomic E-state index is 0.126. The number of aromatic nitrogens is 3. The molecule has 1 N–H and O–H groups in total. The zero-order valence-corrected chi connectivity index (χ0v) is 17.0. The molecule has 2 aromatic heterocycles. The fourth-order valence-electron chi connectivity index (χ4n) is 3.13. The van der Waals surface area contributed by atoms with E-state index in [9.17, 15) is 10.1 Å². The minimum atomic E-state index is -0.126. The van der Waals surface area contributed by atoms with E-state index < -0.39 is 0 Å². The predicted octanol–water partition coefficient (Wildman–Crippen LogP) is 3.25. The lowest BCUT2D eigenvalue weighted by molar-refractivity contribution is -0.113. The summed E-state index contributed by atoms with van der Waals surface area (Å²) in [6, 6.07) is 2.29. The number of aryl methyl sites for hydroxylation is 2. The summed E-state index contributed by atoms with van der Waals surface area (Å²) >= 11 is 2.91. The van der Waals surface area contributed by atoms with Crippen molar-refractivity contribution < 1.29 is 9.53 Å². The lowest BCUT2D eigenvalue weighted by Gasteiger charge is -2.06. The van der Waals surface area contributed by atoms with Gasteiger partial charge in [-0.1, -0.05) is 18.2 Å². The molecule has 1 aliphatic rings. The van der Waals surface area contributed by atoms with Crippen LogP contribution in [0, 0.1) is 11.3 Å². The highest BCUT2D eigenvalue weighted by Gasteiger charge is 2.21. The summed E-state index contributed by atoms with van der Waals surface area (Å²) in [7, 11) is 1.67. The van der Waals surface area contributed by atoms with Gasteiger partial charge in [-0.2, -0.15) is 5.26 Å². The van der Waals surface area contributed by atoms with Gasteiger partial charge in [-0.25, -0.2) is 0 Å². The Balaban J connectivity index is 1.59. The van der Waals surface area contributed by atoms with Crippen LogP contribution >= 0.6 is 23.1 Å². The second kappa shape index (κ2) is 9.88. The van der Waals surface area contributed by atoms with Gasteiger partial charge in [-0.15, -0.1) is 21.5 Å². The van der Waals surface area contributed by atoms with Gasteiger partial charge >= 0.3 is 0 Å². The Kier molecular flexibility index (Phi) is 7.26. The molecule has 1 amide bonds. The van der Waals surface area contributed by atoms with Crippen molar-refractivity contribution in [1.82, 2.24) is 14.8 Å². The Bertz CT molecular complexity index is 824. The Morgan fingerprint density at radius 3 is 3.11 bits per heavy atom. The smallest absolute Gasteiger partial charge is 0.235 e. The third-order valence-corrected chi connectivity index (χ3v) is 6.63. The van der Waals surface area contributed by atoms with Gasteiger partial charge in [-0.3, -0.25) is 4.79 Å². The van der Waals surface area contributed by atoms with Crippen LogP contribution in [0.2, 0.25) is 0 Å². The molecule has 2 aromatic rings. The molecule has 144 valence electrons. The second-order valence-electron chi connectivity index (χ2n) is 6.37. The average molecular weight is 406 g/mol. The molecule has 0 saturated heterocycles. The van der Waals surface area contributed by atoms with Crippen LogP contribution in [0.4, 0.5) is 5.00 Å². The number of ether oxygens (including phenoxy) is 1. The Morgan fingerprint density at radius 1 is 1.44 bits per heavy atom. The van der Waals surface area contributed by atoms with Crippen LogP contribution in [0.1, 0.15) is 41.7 Å². The van der Waals surface area contributed by atoms with Gasteiger partial charge in [0.25, 0.3) is 0 Å². The Morgan fingerprint density at radius 2 is 2.30 bits per heavy atom. The first-order valence-corrected chi connectivity index (χ1v) is 10.9. The van der Waals surface area contributed by atoms with E-state index in [1.807, 2.05) is 4.57 Å². The monoisotopic (exact) mass is 405 g/mol. The van der Waals surface area contributed by atoms with Crippen molar-refractivity contribution in [3.63, 3.8) is 0 Å². The van der Waals surface area contributed by atoms with E-state index in [0.29, 0.717) is 22.3 Å². The highest BCUT2D eigenvalue weighted by atomic mass is 32.2. The van der Waals surface area contributed by atoms with Crippen molar-refractivity contribution in [2.24, 2.45) is 0 Å². The van der Waals surface area contributed by atoms with Crippen LogP contribution in [0.25, 0.3) is 0 Å². The van der Waals surface area contributed by atoms with E-state index in [-0.39, 0.29) is 11.7 Å². The summed E-state index contributed by atoms with van der Waals surface area (Å²) in [5.41, 5.74) is 1.79. The van der Waals surface area contributed by atoms with Gasteiger partial charge in [-0.05, 0) is 37.7 Å². The Labute approximate surface area is 167 Å². The fourth-order valence-corrected chi connectivity index (χ4v) is 5.13. The standard InChI is InChI=1S/C18H23N5O2S2/c1-25-9-5-8-23-12-20-22-18(23)26-11-16(24)21-17-14(10-19)13-6-3-2-4-7-15(13)27-17/h12H,2-9,11H2,1H3,(H,21,24). The SMILES string of the molecule is COCCCn1cnnc1SCC(=O)Nc1sc2c(c1C#N)CCCCC2. The molecule has 7 nitrogen and oxygen atoms in total. The van der Waals surface area contributed by atoms with Crippen LogP contribution in [0.3, 0.4) is 0 Å². The lowest BCUT2D eigenvalue weighted by Crippen LogP contribution is -2.14. The third-order valence-electron chi connectivity index (χ3n) is 4.45. The number of nitrogens with one attached hydrogen (secondary N) is 1. The van der Waals surface area contributed by atoms with E-state index in [0.717, 1.165) is 44.2 Å². The van der Waals surface area contributed by atoms with Crippen LogP contribution < -0.4 is 5.32 Å². The molecule has 9 heteroatoms. The molecule has 0 unspecified atom stereocenters. The molecule has 0 aliphatic heterocycles. The van der Waals surface area contributed by atoms with Crippen molar-refractivity contribution in [2.45, 2.75) is 50.2 Å². The summed E-state index contributed by atoms with van der Waals surface area (Å²) in [5, 5.41) is 21.9. The van der Waals surface area contributed by atoms with Crippen molar-refractivity contribution in [3.8, 4) is 6.07 Å². The molecular weight excluding hydrogens is 382 g/mol. The second-order valence-corrected chi connectivity index (χ2v) is 8.42. The quantitative estimate of drug-likeness (QED) is 0.412. The highest BCUT2D eigenvalue weighted by molar-refractivity contribution is 7.99. The van der Waals surface area contributed by atoms with Crippen molar-refractivity contribution in [3.05, 3.63) is 22.3 Å². The molecule has 0 aromatic carbocycles. The molecule has 2 heterocycles. The minimum Gasteiger partial charge on any atom is -0.385 e. The predicted molar refractivity (Wildman–Crippen MR) is 106 cm³/mol. The molecule has 3 rings (SSSR count). The average Bonchev–Trinajstić information content (AvgIpc) is 3.17. The number of carbonyl (C=O) groups excluding carboxylic acids is 1. The van der Waals surface area contributed by atoms with E-state index in [1.165, 1.54) is 23.1 Å². The maximum absolute atomic E-state index is 12.4. The largest absolute Gasteiger partial charge is 0.385 e. The third kappa shape index (κ3) is 5.09. The van der Waals surface area contributed by atoms with Crippen LogP contribution in [-0.4, -0.2) is 40.1 Å². The number of hydrogen-bond donors (Lipinski definition) is 1. The van der Waals surface area contributed by atoms with Gasteiger partial charge in [0.15, 0.2) is 5.16 Å². The van der Waals surface area contributed by atoms with Crippen LogP contribution in [-0.2, 0) is 28.9 Å². The molecule has 0 spiro atoms. The number of fused-ring (bicyclic) bond motifs is 1. The molecule has 0 atom stereocenters. The van der Waals surface area contributed by atoms with Gasteiger partial charge in [0, 0.05) is 25.1 Å². The number of nitrogens with zero attached hydrogens (tertiary/aromatic N) is 4. The number of amides is 1. The van der Waals surface area contributed by atoms with Gasteiger partial charge in [0.2, 0.25) is 5.91 Å². The summed E-state index contributed by atoms with van der Waals surface area (Å²) in [6.45, 7) is 1.42. The summed E-state index contributed by atoms with van der Waals surface area (Å²) < 4.78 is 6.98. The maximum Gasteiger partial charge on any atom is 0.235 e. The van der Waals surface area contributed by atoms with Crippen LogP contribution in [0.5, 0.6) is 0 Å². The van der Waals surface area contributed by atoms with E-state index in [1.54, 1.807) is 24.8 Å². The molecule has 0 radical (unpaired) electrons. The number of nitriles is 1. The number of carbonyl (C=O) groups is 1. The van der Waals surface area contributed by atoms with Gasteiger partial charge < -0.3 is 14.6 Å². The Hall–Kier alpha value is -1.89. The van der Waals surface area contributed by atoms with E-state index in [4.69, 9.17) is 4.74 Å². The molecule has 0 fully saturated rings. The molecule has 27 heavy (non-hydrogen) atoms. The molecular formula is C18H23N5O2S2. The van der Waals surface area contributed by atoms with Gasteiger partial charge in [0.05, 0.1) is 11.3 Å². The normalized spacial score (nSPS) is 13.6. The number of hydrogen-bond acceptors (Lipinski definition) is 7. The summed E-state index contributed by atoms with van der Waals surface area (Å²) in [5.74, 6) is 0.107. The number of thiophene rings is 1. The number of methoxy groups -OCH3 is 1. The zero-order chi connectivity index (χ0) is 19.1. The first-order chi connectivity index (χ1) is 13.2. The van der Waals surface area contributed by atoms with Crippen molar-refractivity contribution in [1.29, 1.82) is 5.26 Å². The fraction of sp³-hybridized carbons (Fsp3) is 0.556. The van der Waals surface area contributed by atoms with E-state index in [2.05, 4.69) is 21.6 Å². The van der Waals surface area contributed by atoms with Crippen molar-refractivity contribution >= 4 is 34.0 Å². The molecule has 0 bridgehead atoms.